The van der Waals surface area contributed by atoms with Gasteiger partial charge in [0.15, 0.2) is 11.5 Å². The summed E-state index contributed by atoms with van der Waals surface area (Å²) in [6.07, 6.45) is 0. The van der Waals surface area contributed by atoms with E-state index < -0.39 is 35.7 Å². The molecule has 1 heterocycles. The molecule has 0 atom stereocenters. The van der Waals surface area contributed by atoms with Crippen LogP contribution in [0.1, 0.15) is 31.1 Å². The van der Waals surface area contributed by atoms with Crippen molar-refractivity contribution in [2.45, 2.75) is 6.61 Å². The van der Waals surface area contributed by atoms with Gasteiger partial charge in [-0.15, -0.1) is 0 Å². The lowest BCUT2D eigenvalue weighted by molar-refractivity contribution is -0.0627. The number of halogens is 2. The number of ether oxygens (including phenoxy) is 2. The van der Waals surface area contributed by atoms with Gasteiger partial charge < -0.3 is 14.3 Å². The number of hydrogen-bond donors (Lipinski definition) is 0. The monoisotopic (exact) mass is 363 g/mol. The van der Waals surface area contributed by atoms with Crippen molar-refractivity contribution in [1.82, 2.24) is 5.06 Å². The van der Waals surface area contributed by atoms with Gasteiger partial charge in [-0.05, 0) is 24.3 Å². The van der Waals surface area contributed by atoms with Crippen molar-refractivity contribution in [3.05, 3.63) is 59.2 Å². The van der Waals surface area contributed by atoms with Crippen LogP contribution in [-0.4, -0.2) is 36.6 Å². The van der Waals surface area contributed by atoms with Gasteiger partial charge in [-0.1, -0.05) is 23.3 Å². The summed E-state index contributed by atoms with van der Waals surface area (Å²) in [7, 11) is 1.20. The smallest absolute Gasteiger partial charge is 0.387 e. The van der Waals surface area contributed by atoms with Gasteiger partial charge in [0.05, 0.1) is 18.2 Å². The summed E-state index contributed by atoms with van der Waals surface area (Å²) in [5, 5.41) is 0.276. The van der Waals surface area contributed by atoms with Gasteiger partial charge in [-0.3, -0.25) is 9.59 Å². The normalized spacial score (nSPS) is 13.0. The number of hydroxylamine groups is 2. The molecule has 2 amide bonds. The van der Waals surface area contributed by atoms with E-state index in [1.165, 1.54) is 31.4 Å². The number of hydrogen-bond acceptors (Lipinski definition) is 6. The number of fused-ring (bicyclic) bond motifs is 1. The predicted molar refractivity (Wildman–Crippen MR) is 82.0 cm³/mol. The van der Waals surface area contributed by atoms with Gasteiger partial charge in [0.2, 0.25) is 0 Å². The molecule has 9 heteroatoms. The van der Waals surface area contributed by atoms with Crippen molar-refractivity contribution in [3.63, 3.8) is 0 Å². The molecule has 0 radical (unpaired) electrons. The van der Waals surface area contributed by atoms with Crippen LogP contribution in [0.3, 0.4) is 0 Å². The van der Waals surface area contributed by atoms with Gasteiger partial charge in [-0.2, -0.15) is 8.78 Å². The fraction of sp³-hybridized carbons (Fsp3) is 0.118. The number of amides is 2. The molecule has 134 valence electrons. The third-order valence-corrected chi connectivity index (χ3v) is 3.56. The molecular weight excluding hydrogens is 352 g/mol. The Morgan fingerprint density at radius 1 is 1.00 bits per heavy atom. The van der Waals surface area contributed by atoms with Crippen LogP contribution in [0.25, 0.3) is 0 Å². The van der Waals surface area contributed by atoms with Crippen LogP contribution < -0.4 is 9.47 Å². The first-order valence-electron chi connectivity index (χ1n) is 7.26. The first kappa shape index (κ1) is 17.3. The van der Waals surface area contributed by atoms with Crippen LogP contribution in [0.5, 0.6) is 11.5 Å². The molecule has 7 nitrogen and oxygen atoms in total. The quantitative estimate of drug-likeness (QED) is 0.760. The first-order valence-corrected chi connectivity index (χ1v) is 7.26. The van der Waals surface area contributed by atoms with E-state index in [1.807, 2.05) is 0 Å². The van der Waals surface area contributed by atoms with Gasteiger partial charge in [0.25, 0.3) is 11.8 Å². The molecule has 0 fully saturated rings. The van der Waals surface area contributed by atoms with E-state index in [0.717, 1.165) is 6.07 Å². The van der Waals surface area contributed by atoms with Crippen molar-refractivity contribution in [1.29, 1.82) is 0 Å². The molecule has 0 saturated heterocycles. The van der Waals surface area contributed by atoms with Gasteiger partial charge >= 0.3 is 12.6 Å². The summed E-state index contributed by atoms with van der Waals surface area (Å²) >= 11 is 0. The number of benzene rings is 2. The van der Waals surface area contributed by atoms with Crippen LogP contribution in [0.4, 0.5) is 8.78 Å². The maximum Gasteiger partial charge on any atom is 0.387 e. The molecule has 0 N–H and O–H groups in total. The summed E-state index contributed by atoms with van der Waals surface area (Å²) in [5.41, 5.74) is -0.291. The Labute approximate surface area is 145 Å². The second kappa shape index (κ2) is 6.79. The number of para-hydroxylation sites is 1. The summed E-state index contributed by atoms with van der Waals surface area (Å²) in [6.45, 7) is -3.22. The SMILES string of the molecule is COc1cccc(C(=O)ON2C(=O)c3ccccc3C2=O)c1OC(F)F. The Hall–Kier alpha value is -3.49. The average molecular weight is 363 g/mol. The molecule has 3 rings (SSSR count). The van der Waals surface area contributed by atoms with E-state index in [0.29, 0.717) is 0 Å². The maximum atomic E-state index is 12.6. The zero-order valence-electron chi connectivity index (χ0n) is 13.3. The third-order valence-electron chi connectivity index (χ3n) is 3.56. The van der Waals surface area contributed by atoms with E-state index in [4.69, 9.17) is 9.57 Å². The Balaban J connectivity index is 1.90. The highest BCUT2D eigenvalue weighted by molar-refractivity contribution is 6.21. The van der Waals surface area contributed by atoms with E-state index >= 15 is 0 Å². The number of nitrogens with zero attached hydrogens (tertiary/aromatic N) is 1. The third kappa shape index (κ3) is 2.94. The molecule has 0 unspecified atom stereocenters. The van der Waals surface area contributed by atoms with Crippen LogP contribution in [0.15, 0.2) is 42.5 Å². The summed E-state index contributed by atoms with van der Waals surface area (Å²) in [5.74, 6) is -3.60. The fourth-order valence-electron chi connectivity index (χ4n) is 2.43. The number of carbonyl (C=O) groups excluding carboxylic acids is 3. The second-order valence-electron chi connectivity index (χ2n) is 5.04. The molecule has 2 aromatic rings. The molecule has 1 aliphatic heterocycles. The Morgan fingerprint density at radius 3 is 2.15 bits per heavy atom. The largest absolute Gasteiger partial charge is 0.493 e. The fourth-order valence-corrected chi connectivity index (χ4v) is 2.43. The topological polar surface area (TPSA) is 82.1 Å². The first-order chi connectivity index (χ1) is 12.4. The molecule has 0 spiro atoms. The van der Waals surface area contributed by atoms with Crippen molar-refractivity contribution >= 4 is 17.8 Å². The molecule has 0 bridgehead atoms. The summed E-state index contributed by atoms with van der Waals surface area (Å²) < 4.78 is 34.5. The van der Waals surface area contributed by atoms with Crippen molar-refractivity contribution in [2.24, 2.45) is 0 Å². The molecular formula is C17H11F2NO6. The number of alkyl halides is 2. The number of rotatable bonds is 5. The number of methoxy groups -OCH3 is 1. The van der Waals surface area contributed by atoms with Gasteiger partial charge in [-0.25, -0.2) is 4.79 Å². The second-order valence-corrected chi connectivity index (χ2v) is 5.04. The molecule has 2 aromatic carbocycles. The Kier molecular flexibility index (Phi) is 4.53. The average Bonchev–Trinajstić information content (AvgIpc) is 2.86. The molecule has 26 heavy (non-hydrogen) atoms. The molecule has 0 aliphatic carbocycles. The Bertz CT molecular complexity index is 864. The highest BCUT2D eigenvalue weighted by Crippen LogP contribution is 2.33. The van der Waals surface area contributed by atoms with Crippen LogP contribution in [0.2, 0.25) is 0 Å². The summed E-state index contributed by atoms with van der Waals surface area (Å²) in [6, 6.07) is 9.69. The lowest BCUT2D eigenvalue weighted by Crippen LogP contribution is -2.32. The van der Waals surface area contributed by atoms with E-state index in [2.05, 4.69) is 4.74 Å². The van der Waals surface area contributed by atoms with Crippen LogP contribution in [-0.2, 0) is 4.84 Å². The lowest BCUT2D eigenvalue weighted by Gasteiger charge is -2.16. The maximum absolute atomic E-state index is 12.6. The highest BCUT2D eigenvalue weighted by atomic mass is 19.3. The van der Waals surface area contributed by atoms with Crippen molar-refractivity contribution in [3.8, 4) is 11.5 Å². The minimum absolute atomic E-state index is 0.0694. The van der Waals surface area contributed by atoms with E-state index in [9.17, 15) is 23.2 Å². The predicted octanol–water partition coefficient (Wildman–Crippen LogP) is 2.66. The minimum Gasteiger partial charge on any atom is -0.493 e. The lowest BCUT2D eigenvalue weighted by atomic mass is 10.1. The van der Waals surface area contributed by atoms with Crippen LogP contribution >= 0.6 is 0 Å². The standard InChI is InChI=1S/C17H11F2NO6/c1-24-12-8-4-7-11(13(12)25-17(18)19)16(23)26-20-14(21)9-5-2-3-6-10(9)15(20)22/h2-8,17H,1H3. The molecule has 1 aliphatic rings. The van der Waals surface area contributed by atoms with Gasteiger partial charge in [0.1, 0.15) is 5.56 Å². The van der Waals surface area contributed by atoms with Gasteiger partial charge in [0, 0.05) is 0 Å². The molecule has 0 saturated carbocycles. The zero-order valence-corrected chi connectivity index (χ0v) is 13.3. The van der Waals surface area contributed by atoms with Crippen molar-refractivity contribution in [2.75, 3.05) is 7.11 Å². The number of carbonyl (C=O) groups is 3. The highest BCUT2D eigenvalue weighted by Gasteiger charge is 2.39. The molecule has 0 aromatic heterocycles. The Morgan fingerprint density at radius 2 is 1.62 bits per heavy atom. The summed E-state index contributed by atoms with van der Waals surface area (Å²) in [4.78, 5) is 41.6. The van der Waals surface area contributed by atoms with E-state index in [1.54, 1.807) is 12.1 Å². The van der Waals surface area contributed by atoms with Crippen molar-refractivity contribution < 1.29 is 37.5 Å². The van der Waals surface area contributed by atoms with E-state index in [-0.39, 0.29) is 21.9 Å². The number of imide groups is 1. The minimum atomic E-state index is -3.22. The zero-order chi connectivity index (χ0) is 18.8. The van der Waals surface area contributed by atoms with Crippen LogP contribution in [0, 0.1) is 0 Å².